The van der Waals surface area contributed by atoms with Gasteiger partial charge in [-0.25, -0.2) is 0 Å². The molecular weight excluding hydrogens is 130 g/mol. The highest BCUT2D eigenvalue weighted by Gasteiger charge is 2.19. The van der Waals surface area contributed by atoms with Crippen molar-refractivity contribution in [1.29, 1.82) is 0 Å². The molecule has 9 heavy (non-hydrogen) atoms. The Bertz CT molecular complexity index is 71.3. The lowest BCUT2D eigenvalue weighted by Crippen LogP contribution is -2.14. The molecule has 0 heterocycles. The van der Waals surface area contributed by atoms with Gasteiger partial charge in [0.25, 0.3) is 0 Å². The fourth-order valence-electron chi connectivity index (χ4n) is 0.681. The summed E-state index contributed by atoms with van der Waals surface area (Å²) in [7, 11) is 0. The molecule has 1 saturated carbocycles. The van der Waals surface area contributed by atoms with Crippen LogP contribution in [-0.2, 0) is 0 Å². The first-order chi connectivity index (χ1) is 4.43. The maximum atomic E-state index is 3.45. The van der Waals surface area contributed by atoms with Gasteiger partial charge in [0, 0.05) is 11.9 Å². The Morgan fingerprint density at radius 1 is 1.56 bits per heavy atom. The van der Waals surface area contributed by atoms with Gasteiger partial charge in [0.1, 0.15) is 0 Å². The van der Waals surface area contributed by atoms with Crippen LogP contribution in [0.1, 0.15) is 26.2 Å². The molecule has 1 fully saturated rings. The summed E-state index contributed by atoms with van der Waals surface area (Å²) >= 11 is 2.01. The van der Waals surface area contributed by atoms with Crippen LogP contribution in [0.2, 0.25) is 0 Å². The summed E-state index contributed by atoms with van der Waals surface area (Å²) in [5.74, 6) is 2.47. The number of hydrogen-bond donors (Lipinski definition) is 1. The van der Waals surface area contributed by atoms with Gasteiger partial charge in [0.15, 0.2) is 0 Å². The number of hydrogen-bond acceptors (Lipinski definition) is 2. The SMILES string of the molecule is CCCSCNC1CC1. The molecule has 0 aromatic carbocycles. The van der Waals surface area contributed by atoms with Gasteiger partial charge in [-0.2, -0.15) is 0 Å². The zero-order chi connectivity index (χ0) is 6.53. The first-order valence-corrected chi connectivity index (χ1v) is 4.90. The third-order valence-electron chi connectivity index (χ3n) is 1.40. The number of rotatable bonds is 5. The molecule has 0 spiro atoms. The Kier molecular flexibility index (Phi) is 3.44. The van der Waals surface area contributed by atoms with E-state index in [1.165, 1.54) is 30.9 Å². The van der Waals surface area contributed by atoms with Crippen molar-refractivity contribution in [2.75, 3.05) is 11.6 Å². The molecule has 0 amide bonds. The van der Waals surface area contributed by atoms with E-state index in [0.717, 1.165) is 6.04 Å². The lowest BCUT2D eigenvalue weighted by Gasteiger charge is -1.99. The lowest BCUT2D eigenvalue weighted by atomic mass is 10.6. The maximum Gasteiger partial charge on any atom is 0.0419 e. The van der Waals surface area contributed by atoms with E-state index in [0.29, 0.717) is 0 Å². The van der Waals surface area contributed by atoms with Gasteiger partial charge in [-0.15, -0.1) is 11.8 Å². The smallest absolute Gasteiger partial charge is 0.0419 e. The van der Waals surface area contributed by atoms with Crippen molar-refractivity contribution in [3.63, 3.8) is 0 Å². The summed E-state index contributed by atoms with van der Waals surface area (Å²) in [4.78, 5) is 0. The molecule has 0 saturated heterocycles. The Morgan fingerprint density at radius 3 is 2.89 bits per heavy atom. The van der Waals surface area contributed by atoms with E-state index >= 15 is 0 Å². The molecule has 0 aromatic heterocycles. The van der Waals surface area contributed by atoms with Crippen LogP contribution in [0, 0.1) is 0 Å². The molecule has 0 unspecified atom stereocenters. The average molecular weight is 145 g/mol. The highest BCUT2D eigenvalue weighted by atomic mass is 32.2. The largest absolute Gasteiger partial charge is 0.305 e. The molecule has 1 nitrogen and oxygen atoms in total. The molecule has 0 bridgehead atoms. The van der Waals surface area contributed by atoms with E-state index in [1.54, 1.807) is 0 Å². The highest BCUT2D eigenvalue weighted by molar-refractivity contribution is 7.99. The normalized spacial score (nSPS) is 18.3. The van der Waals surface area contributed by atoms with Gasteiger partial charge in [0.05, 0.1) is 0 Å². The zero-order valence-electron chi connectivity index (χ0n) is 6.02. The summed E-state index contributed by atoms with van der Waals surface area (Å²) in [6, 6.07) is 0.884. The summed E-state index contributed by atoms with van der Waals surface area (Å²) in [6.45, 7) is 2.23. The fraction of sp³-hybridized carbons (Fsp3) is 1.00. The minimum Gasteiger partial charge on any atom is -0.305 e. The lowest BCUT2D eigenvalue weighted by molar-refractivity contribution is 0.788. The van der Waals surface area contributed by atoms with E-state index in [1.807, 2.05) is 11.8 Å². The summed E-state index contributed by atoms with van der Waals surface area (Å²) in [5, 5.41) is 3.45. The quantitative estimate of drug-likeness (QED) is 0.468. The van der Waals surface area contributed by atoms with Crippen molar-refractivity contribution in [2.24, 2.45) is 0 Å². The van der Waals surface area contributed by atoms with E-state index in [4.69, 9.17) is 0 Å². The molecule has 1 aliphatic carbocycles. The maximum absolute atomic E-state index is 3.45. The van der Waals surface area contributed by atoms with E-state index in [2.05, 4.69) is 12.2 Å². The van der Waals surface area contributed by atoms with Crippen molar-refractivity contribution in [2.45, 2.75) is 32.2 Å². The van der Waals surface area contributed by atoms with Crippen LogP contribution in [0.5, 0.6) is 0 Å². The van der Waals surface area contributed by atoms with Crippen LogP contribution < -0.4 is 5.32 Å². The third-order valence-corrected chi connectivity index (χ3v) is 2.47. The molecule has 0 aromatic rings. The van der Waals surface area contributed by atoms with Crippen LogP contribution in [0.3, 0.4) is 0 Å². The minimum absolute atomic E-state index is 0.884. The molecule has 1 N–H and O–H groups in total. The molecule has 1 aliphatic rings. The van der Waals surface area contributed by atoms with Gasteiger partial charge in [-0.1, -0.05) is 6.92 Å². The highest BCUT2D eigenvalue weighted by Crippen LogP contribution is 2.19. The summed E-state index contributed by atoms with van der Waals surface area (Å²) in [5.41, 5.74) is 0. The van der Waals surface area contributed by atoms with Crippen molar-refractivity contribution in [3.8, 4) is 0 Å². The zero-order valence-corrected chi connectivity index (χ0v) is 6.84. The monoisotopic (exact) mass is 145 g/mol. The molecule has 0 radical (unpaired) electrons. The van der Waals surface area contributed by atoms with Crippen LogP contribution in [0.15, 0.2) is 0 Å². The second kappa shape index (κ2) is 4.18. The summed E-state index contributed by atoms with van der Waals surface area (Å²) in [6.07, 6.45) is 4.12. The fourth-order valence-corrected chi connectivity index (χ4v) is 1.47. The Hall–Kier alpha value is 0.310. The molecular formula is C7H15NS. The molecule has 0 aliphatic heterocycles. The predicted molar refractivity (Wildman–Crippen MR) is 43.8 cm³/mol. The van der Waals surface area contributed by atoms with E-state index in [9.17, 15) is 0 Å². The number of thioether (sulfide) groups is 1. The van der Waals surface area contributed by atoms with Gasteiger partial charge < -0.3 is 5.32 Å². The van der Waals surface area contributed by atoms with Crippen molar-refractivity contribution in [3.05, 3.63) is 0 Å². The van der Waals surface area contributed by atoms with Crippen molar-refractivity contribution >= 4 is 11.8 Å². The average Bonchev–Trinajstić information content (AvgIpc) is 2.63. The predicted octanol–water partition coefficient (Wildman–Crippen LogP) is 1.84. The third kappa shape index (κ3) is 3.82. The van der Waals surface area contributed by atoms with Gasteiger partial charge in [-0.3, -0.25) is 0 Å². The molecule has 2 heteroatoms. The van der Waals surface area contributed by atoms with Crippen molar-refractivity contribution < 1.29 is 0 Å². The van der Waals surface area contributed by atoms with E-state index < -0.39 is 0 Å². The standard InChI is InChI=1S/C7H15NS/c1-2-5-9-6-8-7-3-4-7/h7-8H,2-6H2,1H3. The van der Waals surface area contributed by atoms with Crippen LogP contribution in [-0.4, -0.2) is 17.7 Å². The summed E-state index contributed by atoms with van der Waals surface area (Å²) < 4.78 is 0. The molecule has 54 valence electrons. The minimum atomic E-state index is 0.884. The second-order valence-electron chi connectivity index (χ2n) is 2.53. The second-order valence-corrected chi connectivity index (χ2v) is 3.64. The Morgan fingerprint density at radius 2 is 2.33 bits per heavy atom. The Balaban J connectivity index is 1.71. The van der Waals surface area contributed by atoms with Gasteiger partial charge in [-0.05, 0) is 25.0 Å². The Labute approximate surface area is 61.6 Å². The van der Waals surface area contributed by atoms with Gasteiger partial charge in [0.2, 0.25) is 0 Å². The number of nitrogens with one attached hydrogen (secondary N) is 1. The molecule has 1 rings (SSSR count). The van der Waals surface area contributed by atoms with Gasteiger partial charge >= 0.3 is 0 Å². The van der Waals surface area contributed by atoms with E-state index in [-0.39, 0.29) is 0 Å². The first-order valence-electron chi connectivity index (χ1n) is 3.74. The first kappa shape index (κ1) is 7.42. The topological polar surface area (TPSA) is 12.0 Å². The van der Waals surface area contributed by atoms with Crippen LogP contribution in [0.4, 0.5) is 0 Å². The van der Waals surface area contributed by atoms with Crippen molar-refractivity contribution in [1.82, 2.24) is 5.32 Å². The van der Waals surface area contributed by atoms with Crippen LogP contribution >= 0.6 is 11.8 Å². The van der Waals surface area contributed by atoms with Crippen LogP contribution in [0.25, 0.3) is 0 Å². The molecule has 0 atom stereocenters.